The van der Waals surface area contributed by atoms with Crippen molar-refractivity contribution in [3.8, 4) is 0 Å². The summed E-state index contributed by atoms with van der Waals surface area (Å²) in [6.07, 6.45) is 1.22. The lowest BCUT2D eigenvalue weighted by Gasteiger charge is -2.00. The lowest BCUT2D eigenvalue weighted by atomic mass is 10.4. The second kappa shape index (κ2) is 6.83. The van der Waals surface area contributed by atoms with Gasteiger partial charge in [-0.2, -0.15) is 0 Å². The summed E-state index contributed by atoms with van der Waals surface area (Å²) in [7, 11) is 0. The van der Waals surface area contributed by atoms with Crippen molar-refractivity contribution in [2.75, 3.05) is 19.0 Å². The highest BCUT2D eigenvalue weighted by atomic mass is 35.5. The first-order chi connectivity index (χ1) is 4.81. The maximum absolute atomic E-state index is 10.7. The smallest absolute Gasteiger partial charge is 0.221 e. The molecule has 3 nitrogen and oxygen atoms in total. The van der Waals surface area contributed by atoms with E-state index < -0.39 is 0 Å². The van der Waals surface area contributed by atoms with Gasteiger partial charge in [0.2, 0.25) is 5.91 Å². The van der Waals surface area contributed by atoms with E-state index in [2.05, 4.69) is 5.32 Å². The number of nitrogens with two attached hydrogens (primary N) is 1. The van der Waals surface area contributed by atoms with Crippen molar-refractivity contribution in [3.05, 3.63) is 0 Å². The first-order valence-electron chi connectivity index (χ1n) is 3.34. The molecule has 0 aliphatic carbocycles. The number of rotatable bonds is 5. The van der Waals surface area contributed by atoms with Gasteiger partial charge in [0, 0.05) is 18.8 Å². The quantitative estimate of drug-likeness (QED) is 0.447. The molecule has 0 aromatic heterocycles. The van der Waals surface area contributed by atoms with Gasteiger partial charge >= 0.3 is 0 Å². The van der Waals surface area contributed by atoms with Crippen molar-refractivity contribution >= 4 is 17.5 Å². The van der Waals surface area contributed by atoms with Gasteiger partial charge < -0.3 is 11.1 Å². The molecule has 60 valence electrons. The van der Waals surface area contributed by atoms with Crippen molar-refractivity contribution < 1.29 is 4.79 Å². The van der Waals surface area contributed by atoms with E-state index in [-0.39, 0.29) is 5.91 Å². The van der Waals surface area contributed by atoms with Gasteiger partial charge in [-0.3, -0.25) is 4.79 Å². The molecule has 0 saturated carbocycles. The van der Waals surface area contributed by atoms with Gasteiger partial charge in [-0.25, -0.2) is 0 Å². The molecule has 4 heteroatoms. The topological polar surface area (TPSA) is 55.1 Å². The van der Waals surface area contributed by atoms with Gasteiger partial charge in [0.1, 0.15) is 0 Å². The monoisotopic (exact) mass is 164 g/mol. The lowest BCUT2D eigenvalue weighted by molar-refractivity contribution is -0.120. The number of nitrogens with one attached hydrogen (secondary N) is 1. The number of hydrogen-bond acceptors (Lipinski definition) is 2. The summed E-state index contributed by atoms with van der Waals surface area (Å²) in [5, 5.41) is 2.68. The number of amides is 1. The fourth-order valence-electron chi connectivity index (χ4n) is 0.504. The van der Waals surface area contributed by atoms with E-state index in [0.717, 1.165) is 6.42 Å². The molecule has 0 saturated heterocycles. The van der Waals surface area contributed by atoms with Crippen molar-refractivity contribution in [3.63, 3.8) is 0 Å². The van der Waals surface area contributed by atoms with E-state index in [9.17, 15) is 4.79 Å². The van der Waals surface area contributed by atoms with Gasteiger partial charge in [0.25, 0.3) is 0 Å². The van der Waals surface area contributed by atoms with Crippen molar-refractivity contribution in [2.24, 2.45) is 5.73 Å². The van der Waals surface area contributed by atoms with E-state index in [1.807, 2.05) is 0 Å². The van der Waals surface area contributed by atoms with Crippen LogP contribution in [0.5, 0.6) is 0 Å². The number of halogens is 1. The van der Waals surface area contributed by atoms with Crippen LogP contribution in [0.2, 0.25) is 0 Å². The van der Waals surface area contributed by atoms with Gasteiger partial charge in [0.15, 0.2) is 0 Å². The Balaban J connectivity index is 3.05. The number of hydrogen-bond donors (Lipinski definition) is 2. The van der Waals surface area contributed by atoms with E-state index in [4.69, 9.17) is 17.3 Å². The first kappa shape index (κ1) is 9.72. The predicted molar refractivity (Wildman–Crippen MR) is 42.0 cm³/mol. The Bertz CT molecular complexity index is 97.7. The molecule has 0 unspecified atom stereocenters. The SMILES string of the molecule is NCCCNC(=O)CCCl. The highest BCUT2D eigenvalue weighted by molar-refractivity contribution is 6.18. The zero-order valence-electron chi connectivity index (χ0n) is 5.90. The first-order valence-corrected chi connectivity index (χ1v) is 3.87. The van der Waals surface area contributed by atoms with Gasteiger partial charge in [-0.15, -0.1) is 11.6 Å². The molecule has 0 bridgehead atoms. The molecule has 0 atom stereocenters. The second-order valence-electron chi connectivity index (χ2n) is 1.93. The largest absolute Gasteiger partial charge is 0.356 e. The Labute approximate surface area is 65.9 Å². The molecule has 0 spiro atoms. The van der Waals surface area contributed by atoms with Crippen LogP contribution in [0.25, 0.3) is 0 Å². The second-order valence-corrected chi connectivity index (χ2v) is 2.31. The molecule has 0 aromatic rings. The lowest BCUT2D eigenvalue weighted by Crippen LogP contribution is -2.25. The van der Waals surface area contributed by atoms with Gasteiger partial charge in [0.05, 0.1) is 0 Å². The predicted octanol–water partition coefficient (Wildman–Crippen LogP) is 0.0803. The number of carbonyl (C=O) groups is 1. The van der Waals surface area contributed by atoms with Crippen LogP contribution in [-0.4, -0.2) is 24.9 Å². The molecule has 0 heterocycles. The molecule has 0 aliphatic rings. The fraction of sp³-hybridized carbons (Fsp3) is 0.833. The average molecular weight is 165 g/mol. The van der Waals surface area contributed by atoms with Crippen molar-refractivity contribution in [1.82, 2.24) is 5.32 Å². The van der Waals surface area contributed by atoms with Crippen LogP contribution in [-0.2, 0) is 4.79 Å². The molecule has 10 heavy (non-hydrogen) atoms. The third kappa shape index (κ3) is 5.85. The molecular weight excluding hydrogens is 152 g/mol. The van der Waals surface area contributed by atoms with Crippen LogP contribution in [0.4, 0.5) is 0 Å². The fourth-order valence-corrected chi connectivity index (χ4v) is 0.676. The van der Waals surface area contributed by atoms with E-state index >= 15 is 0 Å². The summed E-state index contributed by atoms with van der Waals surface area (Å²) in [5.74, 6) is 0.387. The van der Waals surface area contributed by atoms with Crippen LogP contribution in [0.1, 0.15) is 12.8 Å². The summed E-state index contributed by atoms with van der Waals surface area (Å²) in [6.45, 7) is 1.27. The molecule has 0 radical (unpaired) electrons. The zero-order chi connectivity index (χ0) is 7.82. The molecular formula is C6H13ClN2O. The Morgan fingerprint density at radius 2 is 2.30 bits per heavy atom. The summed E-state index contributed by atoms with van der Waals surface area (Å²) in [6, 6.07) is 0. The summed E-state index contributed by atoms with van der Waals surface area (Å²) in [5.41, 5.74) is 5.21. The Hall–Kier alpha value is -0.280. The van der Waals surface area contributed by atoms with Gasteiger partial charge in [-0.05, 0) is 13.0 Å². The van der Waals surface area contributed by atoms with Crippen molar-refractivity contribution in [2.45, 2.75) is 12.8 Å². The average Bonchev–Trinajstić information content (AvgIpc) is 1.89. The van der Waals surface area contributed by atoms with E-state index in [1.165, 1.54) is 0 Å². The minimum absolute atomic E-state index is 0.00319. The highest BCUT2D eigenvalue weighted by Gasteiger charge is 1.96. The Morgan fingerprint density at radius 1 is 1.60 bits per heavy atom. The molecule has 1 amide bonds. The van der Waals surface area contributed by atoms with E-state index in [0.29, 0.717) is 25.4 Å². The van der Waals surface area contributed by atoms with Crippen LogP contribution in [0.3, 0.4) is 0 Å². The van der Waals surface area contributed by atoms with Crippen molar-refractivity contribution in [1.29, 1.82) is 0 Å². The molecule has 0 aromatic carbocycles. The summed E-state index contributed by atoms with van der Waals surface area (Å²) < 4.78 is 0. The third-order valence-electron chi connectivity index (χ3n) is 1.02. The van der Waals surface area contributed by atoms with Crippen LogP contribution < -0.4 is 11.1 Å². The summed E-state index contributed by atoms with van der Waals surface area (Å²) in [4.78, 5) is 10.7. The van der Waals surface area contributed by atoms with Crippen LogP contribution >= 0.6 is 11.6 Å². The van der Waals surface area contributed by atoms with Gasteiger partial charge in [-0.1, -0.05) is 0 Å². The zero-order valence-corrected chi connectivity index (χ0v) is 6.66. The molecule has 0 aliphatic heterocycles. The maximum atomic E-state index is 10.7. The highest BCUT2D eigenvalue weighted by Crippen LogP contribution is 1.83. The molecule has 0 fully saturated rings. The minimum Gasteiger partial charge on any atom is -0.356 e. The minimum atomic E-state index is 0.00319. The standard InChI is InChI=1S/C6H13ClN2O/c7-3-2-6(10)9-5-1-4-8/h1-5,8H2,(H,9,10). The van der Waals surface area contributed by atoms with Crippen LogP contribution in [0, 0.1) is 0 Å². The normalized spacial score (nSPS) is 9.40. The maximum Gasteiger partial charge on any atom is 0.221 e. The Kier molecular flexibility index (Phi) is 6.64. The Morgan fingerprint density at radius 3 is 2.80 bits per heavy atom. The molecule has 3 N–H and O–H groups in total. The summed E-state index contributed by atoms with van der Waals surface area (Å²) >= 11 is 5.32. The van der Waals surface area contributed by atoms with Crippen LogP contribution in [0.15, 0.2) is 0 Å². The third-order valence-corrected chi connectivity index (χ3v) is 1.21. The number of carbonyl (C=O) groups excluding carboxylic acids is 1. The molecule has 0 rings (SSSR count). The number of alkyl halides is 1. The van der Waals surface area contributed by atoms with E-state index in [1.54, 1.807) is 0 Å².